The number of benzene rings is 2. The van der Waals surface area contributed by atoms with Crippen LogP contribution in [0.25, 0.3) is 0 Å². The summed E-state index contributed by atoms with van der Waals surface area (Å²) in [4.78, 5) is 34.1. The van der Waals surface area contributed by atoms with Gasteiger partial charge >= 0.3 is 5.97 Å². The molecule has 0 aliphatic carbocycles. The van der Waals surface area contributed by atoms with Gasteiger partial charge < -0.3 is 25.2 Å². The van der Waals surface area contributed by atoms with E-state index >= 15 is 0 Å². The van der Waals surface area contributed by atoms with Gasteiger partial charge in [-0.05, 0) is 42.8 Å². The lowest BCUT2D eigenvalue weighted by Gasteiger charge is -2.12. The van der Waals surface area contributed by atoms with Crippen LogP contribution in [0.1, 0.15) is 29.8 Å². The second-order valence-electron chi connectivity index (χ2n) is 5.84. The fraction of sp³-hybridized carbons (Fsp3) is 0.250. The molecule has 0 saturated carbocycles. The Hall–Kier alpha value is -3.55. The zero-order valence-corrected chi connectivity index (χ0v) is 15.7. The average molecular weight is 386 g/mol. The first kappa shape index (κ1) is 20.8. The number of hydrogen-bond acceptors (Lipinski definition) is 5. The van der Waals surface area contributed by atoms with Gasteiger partial charge in [0.15, 0.2) is 18.1 Å². The Morgan fingerprint density at radius 2 is 1.71 bits per heavy atom. The van der Waals surface area contributed by atoms with Crippen LogP contribution in [0, 0.1) is 0 Å². The molecule has 0 unspecified atom stereocenters. The number of carbonyl (C=O) groups is 3. The van der Waals surface area contributed by atoms with Gasteiger partial charge in [0.1, 0.15) is 0 Å². The molecule has 2 amide bonds. The van der Waals surface area contributed by atoms with Crippen LogP contribution in [0.5, 0.6) is 11.5 Å². The van der Waals surface area contributed by atoms with Crippen molar-refractivity contribution in [2.45, 2.75) is 20.4 Å². The third kappa shape index (κ3) is 6.31. The molecular weight excluding hydrogens is 364 g/mol. The summed E-state index contributed by atoms with van der Waals surface area (Å²) in [6.07, 6.45) is 0. The monoisotopic (exact) mass is 386 g/mol. The van der Waals surface area contributed by atoms with Crippen LogP contribution in [0.3, 0.4) is 0 Å². The van der Waals surface area contributed by atoms with Gasteiger partial charge in [-0.25, -0.2) is 4.79 Å². The highest BCUT2D eigenvalue weighted by Crippen LogP contribution is 2.28. The zero-order chi connectivity index (χ0) is 20.5. The predicted molar refractivity (Wildman–Crippen MR) is 103 cm³/mol. The van der Waals surface area contributed by atoms with Crippen LogP contribution in [-0.2, 0) is 16.1 Å². The van der Waals surface area contributed by atoms with Crippen molar-refractivity contribution in [3.05, 3.63) is 53.6 Å². The van der Waals surface area contributed by atoms with E-state index in [-0.39, 0.29) is 17.6 Å². The lowest BCUT2D eigenvalue weighted by atomic mass is 10.1. The molecule has 0 bridgehead atoms. The summed E-state index contributed by atoms with van der Waals surface area (Å²) in [7, 11) is 0. The molecule has 0 aromatic heterocycles. The van der Waals surface area contributed by atoms with Gasteiger partial charge in [-0.15, -0.1) is 0 Å². The van der Waals surface area contributed by atoms with E-state index in [1.54, 1.807) is 31.2 Å². The molecule has 2 aromatic rings. The molecular formula is C20H22N2O6. The van der Waals surface area contributed by atoms with Gasteiger partial charge in [-0.2, -0.15) is 0 Å². The number of aliphatic carboxylic acids is 1. The second-order valence-corrected chi connectivity index (χ2v) is 5.84. The van der Waals surface area contributed by atoms with Crippen molar-refractivity contribution in [1.82, 2.24) is 5.32 Å². The van der Waals surface area contributed by atoms with E-state index in [2.05, 4.69) is 10.6 Å². The van der Waals surface area contributed by atoms with Crippen molar-refractivity contribution in [1.29, 1.82) is 0 Å². The van der Waals surface area contributed by atoms with Crippen LogP contribution < -0.4 is 20.1 Å². The Kier molecular flexibility index (Phi) is 7.38. The Balaban J connectivity index is 2.01. The van der Waals surface area contributed by atoms with E-state index in [4.69, 9.17) is 14.6 Å². The maximum atomic E-state index is 12.4. The molecule has 2 rings (SSSR count). The second kappa shape index (κ2) is 9.96. The number of hydrogen-bond donors (Lipinski definition) is 3. The molecule has 8 heteroatoms. The Morgan fingerprint density at radius 1 is 1.00 bits per heavy atom. The minimum absolute atomic E-state index is 0.151. The van der Waals surface area contributed by atoms with Gasteiger partial charge in [0.05, 0.1) is 6.61 Å². The number of nitrogens with one attached hydrogen (secondary N) is 2. The quantitative estimate of drug-likeness (QED) is 0.610. The summed E-state index contributed by atoms with van der Waals surface area (Å²) in [5.41, 5.74) is 1.91. The lowest BCUT2D eigenvalue weighted by molar-refractivity contribution is -0.139. The van der Waals surface area contributed by atoms with Crippen molar-refractivity contribution in [2.75, 3.05) is 18.5 Å². The fourth-order valence-corrected chi connectivity index (χ4v) is 2.37. The molecule has 148 valence electrons. The molecule has 28 heavy (non-hydrogen) atoms. The molecule has 0 radical (unpaired) electrons. The summed E-state index contributed by atoms with van der Waals surface area (Å²) < 4.78 is 10.6. The van der Waals surface area contributed by atoms with Crippen LogP contribution in [0.2, 0.25) is 0 Å². The maximum absolute atomic E-state index is 12.4. The van der Waals surface area contributed by atoms with Gasteiger partial charge in [0.25, 0.3) is 5.91 Å². The fourth-order valence-electron chi connectivity index (χ4n) is 2.37. The predicted octanol–water partition coefficient (Wildman–Crippen LogP) is 2.44. The summed E-state index contributed by atoms with van der Waals surface area (Å²) in [6, 6.07) is 11.7. The highest BCUT2D eigenvalue weighted by Gasteiger charge is 2.12. The minimum Gasteiger partial charge on any atom is -0.490 e. The molecule has 8 nitrogen and oxygen atoms in total. The largest absolute Gasteiger partial charge is 0.490 e. The number of carboxylic acid groups (broad SMARTS) is 1. The number of carboxylic acids is 1. The molecule has 0 atom stereocenters. The summed E-state index contributed by atoms with van der Waals surface area (Å²) in [5, 5.41) is 14.2. The molecule has 3 N–H and O–H groups in total. The zero-order valence-electron chi connectivity index (χ0n) is 15.7. The standard InChI is InChI=1S/C20H22N2O6/c1-3-27-18-10-15(6-9-17(18)28-12-19(24)25)20(26)21-11-14-4-7-16(8-5-14)22-13(2)23/h4-10H,3,11-12H2,1-2H3,(H,21,26)(H,22,23)(H,24,25). The van der Waals surface area contributed by atoms with Crippen LogP contribution in [-0.4, -0.2) is 36.1 Å². The van der Waals surface area contributed by atoms with Crippen molar-refractivity contribution in [3.63, 3.8) is 0 Å². The highest BCUT2D eigenvalue weighted by atomic mass is 16.5. The number of ether oxygens (including phenoxy) is 2. The normalized spacial score (nSPS) is 10.1. The van der Waals surface area contributed by atoms with Gasteiger partial charge in [-0.3, -0.25) is 9.59 Å². The third-order valence-electron chi connectivity index (χ3n) is 3.58. The average Bonchev–Trinajstić information content (AvgIpc) is 2.66. The third-order valence-corrected chi connectivity index (χ3v) is 3.58. The van der Waals surface area contributed by atoms with Gasteiger partial charge in [0.2, 0.25) is 5.91 Å². The van der Waals surface area contributed by atoms with E-state index in [0.717, 1.165) is 5.56 Å². The minimum atomic E-state index is -1.10. The van der Waals surface area contributed by atoms with Crippen LogP contribution in [0.4, 0.5) is 5.69 Å². The summed E-state index contributed by atoms with van der Waals surface area (Å²) >= 11 is 0. The summed E-state index contributed by atoms with van der Waals surface area (Å²) in [5.74, 6) is -1.00. The lowest BCUT2D eigenvalue weighted by Crippen LogP contribution is -2.23. The first-order chi connectivity index (χ1) is 13.4. The van der Waals surface area contributed by atoms with Crippen LogP contribution >= 0.6 is 0 Å². The number of carbonyl (C=O) groups excluding carboxylic acids is 2. The Bertz CT molecular complexity index is 848. The molecule has 0 fully saturated rings. The molecule has 0 aliphatic heterocycles. The van der Waals surface area contributed by atoms with Crippen molar-refractivity contribution in [2.24, 2.45) is 0 Å². The molecule has 0 saturated heterocycles. The molecule has 0 aliphatic rings. The van der Waals surface area contributed by atoms with Crippen LogP contribution in [0.15, 0.2) is 42.5 Å². The number of rotatable bonds is 9. The number of amides is 2. The SMILES string of the molecule is CCOc1cc(C(=O)NCc2ccc(NC(C)=O)cc2)ccc1OCC(=O)O. The molecule has 0 spiro atoms. The summed E-state index contributed by atoms with van der Waals surface area (Å²) in [6.45, 7) is 3.36. The van der Waals surface area contributed by atoms with E-state index in [9.17, 15) is 14.4 Å². The topological polar surface area (TPSA) is 114 Å². The first-order valence-corrected chi connectivity index (χ1v) is 8.65. The van der Waals surface area contributed by atoms with Gasteiger partial charge in [-0.1, -0.05) is 12.1 Å². The van der Waals surface area contributed by atoms with Crippen molar-refractivity contribution >= 4 is 23.5 Å². The smallest absolute Gasteiger partial charge is 0.341 e. The number of anilines is 1. The molecule has 0 heterocycles. The first-order valence-electron chi connectivity index (χ1n) is 8.65. The Labute approximate surface area is 162 Å². The highest BCUT2D eigenvalue weighted by molar-refractivity contribution is 5.95. The van der Waals surface area contributed by atoms with E-state index < -0.39 is 12.6 Å². The molecule has 2 aromatic carbocycles. The van der Waals surface area contributed by atoms with E-state index in [0.29, 0.717) is 30.2 Å². The van der Waals surface area contributed by atoms with E-state index in [1.165, 1.54) is 25.1 Å². The van der Waals surface area contributed by atoms with E-state index in [1.807, 2.05) is 0 Å². The maximum Gasteiger partial charge on any atom is 0.341 e. The van der Waals surface area contributed by atoms with Crippen molar-refractivity contribution < 1.29 is 29.0 Å². The van der Waals surface area contributed by atoms with Crippen molar-refractivity contribution in [3.8, 4) is 11.5 Å². The van der Waals surface area contributed by atoms with Gasteiger partial charge in [0, 0.05) is 24.7 Å². The Morgan fingerprint density at radius 3 is 2.32 bits per heavy atom.